The first-order valence-corrected chi connectivity index (χ1v) is 9.73. The third-order valence-electron chi connectivity index (χ3n) is 3.01. The standard InChI is InChI=1S/C15H12I3NO4/c16-11-7-8(13(17)15(18,19)14(21)22)1-6-12(11)23-10-4-2-9(20)3-5-10/h1-7,13,20H,19H2,(H,21,22)/t13-,15+/m1/s1. The fourth-order valence-corrected chi connectivity index (χ4v) is 3.41. The predicted molar refractivity (Wildman–Crippen MR) is 113 cm³/mol. The maximum absolute atomic E-state index is 11.3. The van der Waals surface area contributed by atoms with E-state index in [1.54, 1.807) is 59.0 Å². The lowest BCUT2D eigenvalue weighted by Gasteiger charge is -2.24. The van der Waals surface area contributed by atoms with Gasteiger partial charge in [0.2, 0.25) is 0 Å². The maximum Gasteiger partial charge on any atom is 0.335 e. The van der Waals surface area contributed by atoms with Crippen molar-refractivity contribution in [2.45, 2.75) is 7.47 Å². The number of phenols is 1. The fourth-order valence-electron chi connectivity index (χ4n) is 1.75. The van der Waals surface area contributed by atoms with E-state index in [1.165, 1.54) is 0 Å². The van der Waals surface area contributed by atoms with Gasteiger partial charge in [0.1, 0.15) is 17.2 Å². The number of halogens is 3. The van der Waals surface area contributed by atoms with Crippen LogP contribution in [0.15, 0.2) is 42.5 Å². The quantitative estimate of drug-likeness (QED) is 0.253. The van der Waals surface area contributed by atoms with Crippen LogP contribution in [0.3, 0.4) is 0 Å². The molecule has 0 aliphatic rings. The van der Waals surface area contributed by atoms with Gasteiger partial charge in [-0.3, -0.25) is 0 Å². The number of ether oxygens (including phenoxy) is 1. The summed E-state index contributed by atoms with van der Waals surface area (Å²) in [5.74, 6) is 0.365. The maximum atomic E-state index is 11.3. The zero-order valence-corrected chi connectivity index (χ0v) is 18.0. The van der Waals surface area contributed by atoms with Gasteiger partial charge in [0.05, 0.1) is 7.49 Å². The van der Waals surface area contributed by atoms with Crippen LogP contribution in [0.4, 0.5) is 0 Å². The van der Waals surface area contributed by atoms with E-state index < -0.39 is 13.4 Å². The van der Waals surface area contributed by atoms with Crippen LogP contribution in [0.5, 0.6) is 17.2 Å². The van der Waals surface area contributed by atoms with Crippen LogP contribution in [0, 0.1) is 3.57 Å². The highest BCUT2D eigenvalue weighted by molar-refractivity contribution is 14.1. The Morgan fingerprint density at radius 3 is 2.35 bits per heavy atom. The fraction of sp³-hybridized carbons (Fsp3) is 0.133. The molecular formula is C15H12I3NO4. The molecule has 0 spiro atoms. The summed E-state index contributed by atoms with van der Waals surface area (Å²) in [6.45, 7) is 0. The first-order chi connectivity index (χ1) is 10.7. The van der Waals surface area contributed by atoms with Gasteiger partial charge in [0.15, 0.2) is 3.55 Å². The van der Waals surface area contributed by atoms with Gasteiger partial charge in [-0.1, -0.05) is 28.7 Å². The minimum atomic E-state index is -1.39. The summed E-state index contributed by atoms with van der Waals surface area (Å²) >= 11 is 5.92. The average molecular weight is 651 g/mol. The van der Waals surface area contributed by atoms with Crippen molar-refractivity contribution in [3.8, 4) is 17.2 Å². The number of nitrogens with two attached hydrogens (primary N) is 1. The molecule has 0 saturated heterocycles. The van der Waals surface area contributed by atoms with Gasteiger partial charge in [-0.25, -0.2) is 4.79 Å². The highest BCUT2D eigenvalue weighted by atomic mass is 127. The van der Waals surface area contributed by atoms with Crippen LogP contribution < -0.4 is 10.5 Å². The Morgan fingerprint density at radius 2 is 1.83 bits per heavy atom. The molecule has 122 valence electrons. The molecule has 0 aliphatic carbocycles. The lowest BCUT2D eigenvalue weighted by Crippen LogP contribution is -2.45. The van der Waals surface area contributed by atoms with Crippen LogP contribution >= 0.6 is 67.8 Å². The molecule has 2 atom stereocenters. The van der Waals surface area contributed by atoms with E-state index >= 15 is 0 Å². The Hall–Kier alpha value is -0.340. The van der Waals surface area contributed by atoms with Gasteiger partial charge in [-0.15, -0.1) is 0 Å². The molecular weight excluding hydrogens is 639 g/mol. The summed E-state index contributed by atoms with van der Waals surface area (Å²) in [5, 5.41) is 18.5. The molecule has 0 amide bonds. The van der Waals surface area contributed by atoms with Crippen molar-refractivity contribution in [2.24, 2.45) is 5.73 Å². The van der Waals surface area contributed by atoms with Gasteiger partial charge >= 0.3 is 5.97 Å². The lowest BCUT2D eigenvalue weighted by molar-refractivity contribution is -0.139. The van der Waals surface area contributed by atoms with Gasteiger partial charge in [0, 0.05) is 0 Å². The van der Waals surface area contributed by atoms with E-state index in [2.05, 4.69) is 22.6 Å². The SMILES string of the molecule is N[C@](I)(C(=O)O)[C@H](I)c1ccc(Oc2ccc(O)cc2)c(I)c1. The molecule has 0 radical (unpaired) electrons. The smallest absolute Gasteiger partial charge is 0.335 e. The minimum absolute atomic E-state index is 0.171. The van der Waals surface area contributed by atoms with Crippen LogP contribution in [-0.4, -0.2) is 19.7 Å². The van der Waals surface area contributed by atoms with Crippen molar-refractivity contribution in [3.05, 3.63) is 51.6 Å². The number of aliphatic carboxylic acids is 1. The molecule has 8 heteroatoms. The topological polar surface area (TPSA) is 92.8 Å². The van der Waals surface area contributed by atoms with Gasteiger partial charge in [-0.05, 0) is 87.1 Å². The van der Waals surface area contributed by atoms with Gasteiger partial charge in [-0.2, -0.15) is 0 Å². The summed E-state index contributed by atoms with van der Waals surface area (Å²) in [4.78, 5) is 11.3. The van der Waals surface area contributed by atoms with E-state index in [-0.39, 0.29) is 5.75 Å². The molecule has 0 bridgehead atoms. The van der Waals surface area contributed by atoms with Gasteiger partial charge < -0.3 is 20.7 Å². The summed E-state index contributed by atoms with van der Waals surface area (Å²) in [7, 11) is 0. The molecule has 4 N–H and O–H groups in total. The normalized spacial score (nSPS) is 14.8. The highest BCUT2D eigenvalue weighted by Crippen LogP contribution is 2.40. The van der Waals surface area contributed by atoms with Crippen LogP contribution in [0.2, 0.25) is 0 Å². The number of rotatable bonds is 5. The molecule has 23 heavy (non-hydrogen) atoms. The second kappa shape index (κ2) is 7.70. The van der Waals surface area contributed by atoms with E-state index in [9.17, 15) is 15.0 Å². The van der Waals surface area contributed by atoms with Crippen molar-refractivity contribution < 1.29 is 19.7 Å². The molecule has 0 aromatic heterocycles. The van der Waals surface area contributed by atoms with E-state index in [1.807, 2.05) is 28.7 Å². The number of aromatic hydroxyl groups is 1. The number of carboxylic acids is 1. The first kappa shape index (κ1) is 19.0. The summed E-state index contributed by atoms with van der Waals surface area (Å²) in [6, 6.07) is 11.9. The molecule has 2 aromatic carbocycles. The molecule has 2 aromatic rings. The highest BCUT2D eigenvalue weighted by Gasteiger charge is 2.39. The predicted octanol–water partition coefficient (Wildman–Crippen LogP) is 4.44. The molecule has 0 saturated carbocycles. The second-order valence-electron chi connectivity index (χ2n) is 4.72. The molecule has 0 aliphatic heterocycles. The van der Waals surface area contributed by atoms with E-state index in [0.717, 1.165) is 9.13 Å². The Morgan fingerprint density at radius 1 is 1.22 bits per heavy atom. The minimum Gasteiger partial charge on any atom is -0.508 e. The summed E-state index contributed by atoms with van der Waals surface area (Å²) in [5.41, 5.74) is 6.70. The monoisotopic (exact) mass is 651 g/mol. The number of phenolic OH excluding ortho intramolecular Hbond substituents is 1. The first-order valence-electron chi connectivity index (χ1n) is 6.33. The summed E-state index contributed by atoms with van der Waals surface area (Å²) in [6.07, 6.45) is 0. The third kappa shape index (κ3) is 4.60. The number of hydrogen-bond donors (Lipinski definition) is 3. The largest absolute Gasteiger partial charge is 0.508 e. The number of alkyl halides is 2. The Labute approximate surface area is 174 Å². The van der Waals surface area contributed by atoms with Crippen molar-refractivity contribution in [1.29, 1.82) is 0 Å². The zero-order chi connectivity index (χ0) is 17.2. The van der Waals surface area contributed by atoms with E-state index in [0.29, 0.717) is 11.5 Å². The Bertz CT molecular complexity index is 719. The molecule has 0 heterocycles. The summed E-state index contributed by atoms with van der Waals surface area (Å²) < 4.78 is 4.82. The number of carboxylic acid groups (broad SMARTS) is 1. The van der Waals surface area contributed by atoms with Crippen molar-refractivity contribution in [3.63, 3.8) is 0 Å². The second-order valence-corrected chi connectivity index (χ2v) is 8.91. The molecule has 0 unspecified atom stereocenters. The van der Waals surface area contributed by atoms with Gasteiger partial charge in [0.25, 0.3) is 0 Å². The van der Waals surface area contributed by atoms with Crippen molar-refractivity contribution >= 4 is 73.7 Å². The van der Waals surface area contributed by atoms with Crippen LogP contribution in [0.25, 0.3) is 0 Å². The van der Waals surface area contributed by atoms with E-state index in [4.69, 9.17) is 10.5 Å². The molecule has 0 fully saturated rings. The Kier molecular flexibility index (Phi) is 6.35. The number of carbonyl (C=O) groups is 1. The Balaban J connectivity index is 2.24. The average Bonchev–Trinajstić information content (AvgIpc) is 2.50. The van der Waals surface area contributed by atoms with Crippen LogP contribution in [-0.2, 0) is 4.79 Å². The zero-order valence-electron chi connectivity index (χ0n) is 11.5. The van der Waals surface area contributed by atoms with Crippen molar-refractivity contribution in [1.82, 2.24) is 0 Å². The third-order valence-corrected chi connectivity index (χ3v) is 7.83. The van der Waals surface area contributed by atoms with Crippen molar-refractivity contribution in [2.75, 3.05) is 0 Å². The number of benzene rings is 2. The number of hydrogen-bond acceptors (Lipinski definition) is 4. The van der Waals surface area contributed by atoms with Crippen LogP contribution in [0.1, 0.15) is 9.49 Å². The molecule has 2 rings (SSSR count). The lowest BCUT2D eigenvalue weighted by atomic mass is 10.1. The molecule has 5 nitrogen and oxygen atoms in total.